The molecule has 4 heterocycles. The summed E-state index contributed by atoms with van der Waals surface area (Å²) < 4.78 is 1.74. The van der Waals surface area contributed by atoms with Crippen molar-refractivity contribution in [1.82, 2.24) is 40.5 Å². The summed E-state index contributed by atoms with van der Waals surface area (Å²) in [6.07, 6.45) is 2.54. The van der Waals surface area contributed by atoms with Gasteiger partial charge in [0, 0.05) is 19.0 Å². The summed E-state index contributed by atoms with van der Waals surface area (Å²) in [4.78, 5) is 45.3. The molecular weight excluding hydrogens is 558 g/mol. The molecule has 2 amide bonds. The first-order chi connectivity index (χ1) is 21.4. The molecule has 0 unspecified atom stereocenters. The van der Waals surface area contributed by atoms with Crippen molar-refractivity contribution in [3.05, 3.63) is 94.0 Å². The molecule has 0 bridgehead atoms. The predicted molar refractivity (Wildman–Crippen MR) is 163 cm³/mol. The lowest BCUT2D eigenvalue weighted by Crippen LogP contribution is -2.34. The first-order valence-corrected chi connectivity index (χ1v) is 14.6. The van der Waals surface area contributed by atoms with E-state index in [1.807, 2.05) is 54.6 Å². The minimum atomic E-state index is -0.716. The molecule has 0 saturated carbocycles. The second-order valence-electron chi connectivity index (χ2n) is 11.1. The van der Waals surface area contributed by atoms with Crippen LogP contribution in [-0.4, -0.2) is 65.7 Å². The minimum absolute atomic E-state index is 0.163. The Labute approximate surface area is 251 Å². The number of likely N-dealkylation sites (N-methyl/N-ethyl adjacent to an activating group) is 1. The molecule has 0 radical (unpaired) electrons. The Hall–Kier alpha value is -5.52. The quantitative estimate of drug-likeness (QED) is 0.263. The van der Waals surface area contributed by atoms with Gasteiger partial charge in [-0.05, 0) is 51.2 Å². The largest absolute Gasteiger partial charge is 0.296 e. The number of aryl methyl sites for hydroxylation is 1. The van der Waals surface area contributed by atoms with Gasteiger partial charge in [-0.1, -0.05) is 67.9 Å². The fourth-order valence-electron chi connectivity index (χ4n) is 5.97. The zero-order valence-corrected chi connectivity index (χ0v) is 24.2. The molecule has 5 aromatic rings. The number of rotatable bonds is 8. The number of aromatic nitrogens is 6. The highest BCUT2D eigenvalue weighted by molar-refractivity contribution is 6.24. The number of amides is 2. The summed E-state index contributed by atoms with van der Waals surface area (Å²) in [5, 5.41) is 19.1. The summed E-state index contributed by atoms with van der Waals surface area (Å²) in [5.41, 5.74) is 8.13. The monoisotopic (exact) mass is 587 g/mol. The lowest BCUT2D eigenvalue weighted by Gasteiger charge is -2.15. The number of carbonyl (C=O) groups excluding carboxylic acids is 2. The molecule has 2 aliphatic rings. The predicted octanol–water partition coefficient (Wildman–Crippen LogP) is 2.93. The van der Waals surface area contributed by atoms with Gasteiger partial charge in [0.1, 0.15) is 17.8 Å². The number of tetrazole rings is 1. The zero-order valence-electron chi connectivity index (χ0n) is 24.2. The van der Waals surface area contributed by atoms with Crippen LogP contribution in [0.25, 0.3) is 33.4 Å². The van der Waals surface area contributed by atoms with Crippen molar-refractivity contribution in [2.75, 3.05) is 7.05 Å². The number of H-pyrrole nitrogens is 1. The SMILES string of the molecule is CCCCc1nc2ccc(C3=NN[C@@H]4C(=O)N(C)C(=O)[C@H]34)cc2c(=O)n1Cc1ccc(-c2ccccc2-c2nnn[nH]2)cc1. The average molecular weight is 588 g/mol. The van der Waals surface area contributed by atoms with Crippen molar-refractivity contribution in [2.24, 2.45) is 11.0 Å². The summed E-state index contributed by atoms with van der Waals surface area (Å²) in [5.74, 6) is -0.0222. The molecule has 0 spiro atoms. The lowest BCUT2D eigenvalue weighted by atomic mass is 9.92. The smallest absolute Gasteiger partial charge is 0.261 e. The number of carbonyl (C=O) groups is 2. The Morgan fingerprint density at radius 3 is 2.43 bits per heavy atom. The fraction of sp³-hybridized carbons (Fsp3) is 0.250. The van der Waals surface area contributed by atoms with Crippen molar-refractivity contribution in [3.63, 3.8) is 0 Å². The van der Waals surface area contributed by atoms with Gasteiger partial charge in [0.05, 0.1) is 23.2 Å². The molecule has 0 aliphatic carbocycles. The number of imide groups is 1. The fourth-order valence-corrected chi connectivity index (χ4v) is 5.97. The summed E-state index contributed by atoms with van der Waals surface area (Å²) in [6.45, 7) is 2.46. The number of nitrogens with zero attached hydrogens (tertiary/aromatic N) is 7. The van der Waals surface area contributed by atoms with E-state index < -0.39 is 12.0 Å². The number of hydrogen-bond acceptors (Lipinski definition) is 9. The van der Waals surface area contributed by atoms with Gasteiger partial charge in [0.25, 0.3) is 11.5 Å². The van der Waals surface area contributed by atoms with Crippen molar-refractivity contribution >= 4 is 28.4 Å². The summed E-state index contributed by atoms with van der Waals surface area (Å²) in [6, 6.07) is 20.6. The van der Waals surface area contributed by atoms with E-state index in [1.54, 1.807) is 16.7 Å². The van der Waals surface area contributed by atoms with Crippen LogP contribution < -0.4 is 11.0 Å². The van der Waals surface area contributed by atoms with E-state index >= 15 is 0 Å². The van der Waals surface area contributed by atoms with Gasteiger partial charge in [-0.25, -0.2) is 10.1 Å². The number of unbranched alkanes of at least 4 members (excludes halogenated alkanes) is 1. The normalized spacial score (nSPS) is 17.7. The van der Waals surface area contributed by atoms with Crippen LogP contribution in [0.4, 0.5) is 0 Å². The van der Waals surface area contributed by atoms with Gasteiger partial charge < -0.3 is 0 Å². The topological polar surface area (TPSA) is 151 Å². The number of nitrogens with one attached hydrogen (secondary N) is 2. The Balaban J connectivity index is 1.24. The molecule has 3 aromatic carbocycles. The summed E-state index contributed by atoms with van der Waals surface area (Å²) >= 11 is 0. The van der Waals surface area contributed by atoms with Crippen LogP contribution in [0.3, 0.4) is 0 Å². The molecule has 1 fully saturated rings. The molecule has 2 atom stereocenters. The Kier molecular flexibility index (Phi) is 6.80. The van der Waals surface area contributed by atoms with Gasteiger partial charge >= 0.3 is 0 Å². The van der Waals surface area contributed by atoms with Crippen LogP contribution in [-0.2, 0) is 22.6 Å². The van der Waals surface area contributed by atoms with Crippen molar-refractivity contribution in [2.45, 2.75) is 38.8 Å². The van der Waals surface area contributed by atoms with Gasteiger partial charge in [0.15, 0.2) is 5.82 Å². The third-order valence-electron chi connectivity index (χ3n) is 8.36. The van der Waals surface area contributed by atoms with Gasteiger partial charge in [-0.3, -0.25) is 29.3 Å². The van der Waals surface area contributed by atoms with Crippen molar-refractivity contribution in [3.8, 4) is 22.5 Å². The number of aromatic amines is 1. The van der Waals surface area contributed by atoms with Gasteiger partial charge in [0.2, 0.25) is 5.91 Å². The molecule has 2 aliphatic heterocycles. The maximum Gasteiger partial charge on any atom is 0.261 e. The average Bonchev–Trinajstić information content (AvgIpc) is 3.79. The molecular formula is C32H29N9O3. The standard InChI is InChI=1S/C32H29N9O3/c1-3-4-9-25-33-24-15-14-20(27-26-28(35-34-27)32(44)40(2)31(26)43)16-23(24)30(42)41(25)17-18-10-12-19(13-11-18)21-7-5-6-8-22(21)29-36-38-39-37-29/h5-8,10-16,26,28,35H,3-4,9,17H2,1-2H3,(H,36,37,38,39)/t26-,28+/m1/s1. The molecule has 12 heteroatoms. The maximum absolute atomic E-state index is 14.1. The maximum atomic E-state index is 14.1. The van der Waals surface area contributed by atoms with Crippen LogP contribution in [0.5, 0.6) is 0 Å². The van der Waals surface area contributed by atoms with Crippen molar-refractivity contribution in [1.29, 1.82) is 0 Å². The Bertz CT molecular complexity index is 2000. The van der Waals surface area contributed by atoms with E-state index in [1.165, 1.54) is 7.05 Å². The second-order valence-corrected chi connectivity index (χ2v) is 11.1. The van der Waals surface area contributed by atoms with Crippen LogP contribution in [0.2, 0.25) is 0 Å². The molecule has 2 N–H and O–H groups in total. The van der Waals surface area contributed by atoms with E-state index in [-0.39, 0.29) is 17.4 Å². The minimum Gasteiger partial charge on any atom is -0.296 e. The number of fused-ring (bicyclic) bond motifs is 2. The Morgan fingerprint density at radius 2 is 1.68 bits per heavy atom. The van der Waals surface area contributed by atoms with E-state index in [0.717, 1.165) is 45.8 Å². The molecule has 220 valence electrons. The van der Waals surface area contributed by atoms with Crippen LogP contribution >= 0.6 is 0 Å². The van der Waals surface area contributed by atoms with E-state index in [0.29, 0.717) is 41.0 Å². The third-order valence-corrected chi connectivity index (χ3v) is 8.36. The highest BCUT2D eigenvalue weighted by Gasteiger charge is 2.51. The van der Waals surface area contributed by atoms with Crippen LogP contribution in [0.15, 0.2) is 76.6 Å². The molecule has 44 heavy (non-hydrogen) atoms. The molecule has 12 nitrogen and oxygen atoms in total. The molecule has 7 rings (SSSR count). The van der Waals surface area contributed by atoms with Gasteiger partial charge in [-0.15, -0.1) is 5.10 Å². The highest BCUT2D eigenvalue weighted by atomic mass is 16.2. The number of hydrazone groups is 1. The first kappa shape index (κ1) is 27.3. The number of benzene rings is 3. The summed E-state index contributed by atoms with van der Waals surface area (Å²) in [7, 11) is 1.47. The molecule has 1 saturated heterocycles. The van der Waals surface area contributed by atoms with E-state index in [9.17, 15) is 14.4 Å². The number of hydrogen-bond donors (Lipinski definition) is 2. The lowest BCUT2D eigenvalue weighted by molar-refractivity contribution is -0.137. The van der Waals surface area contributed by atoms with Crippen molar-refractivity contribution < 1.29 is 9.59 Å². The molecule has 2 aromatic heterocycles. The Morgan fingerprint density at radius 1 is 0.909 bits per heavy atom. The number of likely N-dealkylation sites (tertiary alicyclic amines) is 1. The zero-order chi connectivity index (χ0) is 30.4. The first-order valence-electron chi connectivity index (χ1n) is 14.6. The van der Waals surface area contributed by atoms with Gasteiger partial charge in [-0.2, -0.15) is 5.10 Å². The third kappa shape index (κ3) is 4.55. The second kappa shape index (κ2) is 11.0. The van der Waals surface area contributed by atoms with Crippen LogP contribution in [0, 0.1) is 5.92 Å². The highest BCUT2D eigenvalue weighted by Crippen LogP contribution is 2.31. The van der Waals surface area contributed by atoms with E-state index in [4.69, 9.17) is 4.98 Å². The van der Waals surface area contributed by atoms with Crippen LogP contribution in [0.1, 0.15) is 36.7 Å². The van der Waals surface area contributed by atoms with E-state index in [2.05, 4.69) is 38.1 Å².